The number of carbonyl (C=O) groups is 1. The van der Waals surface area contributed by atoms with Crippen molar-refractivity contribution in [3.63, 3.8) is 0 Å². The van der Waals surface area contributed by atoms with Gasteiger partial charge in [0.05, 0.1) is 23.9 Å². The number of benzene rings is 3. The van der Waals surface area contributed by atoms with E-state index < -0.39 is 32.5 Å². The number of methoxy groups -OCH3 is 1. The number of rotatable bonds is 10. The van der Waals surface area contributed by atoms with Gasteiger partial charge in [0.25, 0.3) is 10.0 Å². The maximum Gasteiger partial charge on any atom is 0.261 e. The van der Waals surface area contributed by atoms with Crippen molar-refractivity contribution >= 4 is 43.0 Å². The first-order chi connectivity index (χ1) is 16.9. The third-order valence-corrected chi connectivity index (χ3v) is 7.86. The number of amides is 1. The number of anilines is 3. The highest BCUT2D eigenvalue weighted by molar-refractivity contribution is 7.92. The van der Waals surface area contributed by atoms with Crippen LogP contribution in [0, 0.1) is 0 Å². The molecule has 0 saturated heterocycles. The molecule has 3 aromatic carbocycles. The lowest BCUT2D eigenvalue weighted by Gasteiger charge is -2.22. The van der Waals surface area contributed by atoms with Gasteiger partial charge in [-0.2, -0.15) is 0 Å². The summed E-state index contributed by atoms with van der Waals surface area (Å²) in [5.41, 5.74) is 2.12. The fourth-order valence-corrected chi connectivity index (χ4v) is 5.26. The van der Waals surface area contributed by atoms with Crippen LogP contribution in [-0.4, -0.2) is 42.7 Å². The van der Waals surface area contributed by atoms with Crippen LogP contribution in [0.2, 0.25) is 0 Å². The Bertz CT molecular complexity index is 1400. The molecule has 36 heavy (non-hydrogen) atoms. The molecule has 0 unspecified atom stereocenters. The molecule has 0 fully saturated rings. The minimum atomic E-state index is -3.85. The Labute approximate surface area is 212 Å². The second-order valence-corrected chi connectivity index (χ2v) is 12.0. The lowest BCUT2D eigenvalue weighted by atomic mass is 10.0. The first-order valence-corrected chi connectivity index (χ1v) is 14.4. The summed E-state index contributed by atoms with van der Waals surface area (Å²) in [7, 11) is -6.06. The number of ether oxygens (including phenoxy) is 1. The van der Waals surface area contributed by atoms with E-state index in [9.17, 15) is 21.6 Å². The molecular weight excluding hydrogens is 502 g/mol. The van der Waals surface area contributed by atoms with Gasteiger partial charge in [0.15, 0.2) is 0 Å². The molecule has 0 saturated carbocycles. The van der Waals surface area contributed by atoms with Crippen LogP contribution in [-0.2, 0) is 24.8 Å². The quantitative estimate of drug-likeness (QED) is 0.407. The number of sulfonamides is 2. The predicted molar refractivity (Wildman–Crippen MR) is 142 cm³/mol. The average Bonchev–Trinajstić information content (AvgIpc) is 2.82. The highest BCUT2D eigenvalue weighted by Gasteiger charge is 2.21. The Morgan fingerprint density at radius 1 is 0.861 bits per heavy atom. The van der Waals surface area contributed by atoms with Crippen molar-refractivity contribution < 1.29 is 26.4 Å². The Hall–Kier alpha value is -3.57. The van der Waals surface area contributed by atoms with E-state index in [2.05, 4.69) is 10.0 Å². The Morgan fingerprint density at radius 3 is 1.92 bits per heavy atom. The third kappa shape index (κ3) is 6.98. The second-order valence-electron chi connectivity index (χ2n) is 8.42. The van der Waals surface area contributed by atoms with E-state index in [1.165, 1.54) is 31.4 Å². The molecule has 0 bridgehead atoms. The van der Waals surface area contributed by atoms with E-state index in [1.807, 2.05) is 26.0 Å². The van der Waals surface area contributed by atoms with Gasteiger partial charge in [-0.1, -0.05) is 26.0 Å². The van der Waals surface area contributed by atoms with E-state index in [0.717, 1.165) is 16.1 Å². The molecule has 11 heteroatoms. The molecule has 0 spiro atoms. The maximum atomic E-state index is 12.7. The summed E-state index contributed by atoms with van der Waals surface area (Å²) in [5.74, 6) is 0.313. The molecule has 0 radical (unpaired) electrons. The second kappa shape index (κ2) is 11.0. The smallest absolute Gasteiger partial charge is 0.261 e. The van der Waals surface area contributed by atoms with Crippen LogP contribution in [0.1, 0.15) is 25.3 Å². The summed E-state index contributed by atoms with van der Waals surface area (Å²) in [6, 6.07) is 19.0. The normalized spacial score (nSPS) is 11.7. The van der Waals surface area contributed by atoms with Gasteiger partial charge in [0, 0.05) is 11.4 Å². The first-order valence-electron chi connectivity index (χ1n) is 11.0. The molecule has 0 aliphatic rings. The van der Waals surface area contributed by atoms with E-state index in [4.69, 9.17) is 4.74 Å². The molecule has 2 N–H and O–H groups in total. The number of carbonyl (C=O) groups excluding carboxylic acids is 1. The molecule has 9 nitrogen and oxygen atoms in total. The summed E-state index contributed by atoms with van der Waals surface area (Å²) < 4.78 is 58.6. The third-order valence-electron chi connectivity index (χ3n) is 5.33. The zero-order valence-electron chi connectivity index (χ0n) is 20.4. The Morgan fingerprint density at radius 2 is 1.42 bits per heavy atom. The molecule has 0 aliphatic heterocycles. The minimum Gasteiger partial charge on any atom is -0.497 e. The number of hydrogen-bond acceptors (Lipinski definition) is 6. The Balaban J connectivity index is 1.69. The molecule has 192 valence electrons. The highest BCUT2D eigenvalue weighted by atomic mass is 32.2. The van der Waals surface area contributed by atoms with Crippen molar-refractivity contribution in [1.29, 1.82) is 0 Å². The van der Waals surface area contributed by atoms with Gasteiger partial charge >= 0.3 is 0 Å². The van der Waals surface area contributed by atoms with Gasteiger partial charge in [0.2, 0.25) is 15.9 Å². The molecule has 0 heterocycles. The van der Waals surface area contributed by atoms with Crippen LogP contribution in [0.25, 0.3) is 0 Å². The summed E-state index contributed by atoms with van der Waals surface area (Å²) >= 11 is 0. The van der Waals surface area contributed by atoms with Crippen molar-refractivity contribution in [3.05, 3.63) is 78.4 Å². The molecule has 0 aliphatic carbocycles. The number of nitrogens with zero attached hydrogens (tertiary/aromatic N) is 1. The van der Waals surface area contributed by atoms with Crippen LogP contribution in [0.15, 0.2) is 77.7 Å². The topological polar surface area (TPSA) is 122 Å². The molecule has 1 amide bonds. The SMILES string of the molecule is COc1ccc(NS(=O)(=O)c2ccc(NC(=O)CN(c3ccc(C(C)C)cc3)S(C)(=O)=O)cc2)cc1. The zero-order valence-corrected chi connectivity index (χ0v) is 22.1. The van der Waals surface area contributed by atoms with E-state index in [0.29, 0.717) is 22.8 Å². The fraction of sp³-hybridized carbons (Fsp3) is 0.240. The van der Waals surface area contributed by atoms with Gasteiger partial charge in [-0.3, -0.25) is 13.8 Å². The molecule has 3 rings (SSSR count). The van der Waals surface area contributed by atoms with Gasteiger partial charge in [-0.15, -0.1) is 0 Å². The molecule has 0 aromatic heterocycles. The minimum absolute atomic E-state index is 0.000628. The van der Waals surface area contributed by atoms with Gasteiger partial charge < -0.3 is 10.1 Å². The standard InChI is InChI=1S/C25H29N3O6S2/c1-18(2)19-5-11-22(12-6-19)28(35(4,30)31)17-25(29)26-20-9-15-24(16-10-20)36(32,33)27-21-7-13-23(34-3)14-8-21/h5-16,18,27H,17H2,1-4H3,(H,26,29). The van der Waals surface area contributed by atoms with Gasteiger partial charge in [0.1, 0.15) is 12.3 Å². The monoisotopic (exact) mass is 531 g/mol. The highest BCUT2D eigenvalue weighted by Crippen LogP contribution is 2.23. The molecule has 0 atom stereocenters. The number of nitrogens with one attached hydrogen (secondary N) is 2. The van der Waals surface area contributed by atoms with Gasteiger partial charge in [-0.25, -0.2) is 16.8 Å². The summed E-state index contributed by atoms with van der Waals surface area (Å²) in [4.78, 5) is 12.6. The van der Waals surface area contributed by atoms with Gasteiger partial charge in [-0.05, 0) is 72.1 Å². The number of hydrogen-bond donors (Lipinski definition) is 2. The van der Waals surface area contributed by atoms with E-state index >= 15 is 0 Å². The summed E-state index contributed by atoms with van der Waals surface area (Å²) in [6.45, 7) is 3.63. The molecule has 3 aromatic rings. The summed E-state index contributed by atoms with van der Waals surface area (Å²) in [5, 5.41) is 2.61. The predicted octanol–water partition coefficient (Wildman–Crippen LogP) is 4.02. The first kappa shape index (κ1) is 27.0. The largest absolute Gasteiger partial charge is 0.497 e. The van der Waals surface area contributed by atoms with Crippen LogP contribution >= 0.6 is 0 Å². The van der Waals surface area contributed by atoms with Crippen molar-refractivity contribution in [2.45, 2.75) is 24.7 Å². The molecular formula is C25H29N3O6S2. The summed E-state index contributed by atoms with van der Waals surface area (Å²) in [6.07, 6.45) is 1.03. The zero-order chi connectivity index (χ0) is 26.5. The fourth-order valence-electron chi connectivity index (χ4n) is 3.35. The van der Waals surface area contributed by atoms with Crippen LogP contribution in [0.3, 0.4) is 0 Å². The average molecular weight is 532 g/mol. The van der Waals surface area contributed by atoms with Crippen molar-refractivity contribution in [3.8, 4) is 5.75 Å². The van der Waals surface area contributed by atoms with Crippen LogP contribution in [0.4, 0.5) is 17.1 Å². The van der Waals surface area contributed by atoms with E-state index in [-0.39, 0.29) is 10.8 Å². The maximum absolute atomic E-state index is 12.7. The lowest BCUT2D eigenvalue weighted by Crippen LogP contribution is -2.37. The van der Waals surface area contributed by atoms with Crippen LogP contribution < -0.4 is 19.1 Å². The Kier molecular flexibility index (Phi) is 8.26. The lowest BCUT2D eigenvalue weighted by molar-refractivity contribution is -0.114. The van der Waals surface area contributed by atoms with Crippen molar-refractivity contribution in [1.82, 2.24) is 0 Å². The van der Waals surface area contributed by atoms with E-state index in [1.54, 1.807) is 36.4 Å². The van der Waals surface area contributed by atoms with Crippen molar-refractivity contribution in [2.75, 3.05) is 34.3 Å². The van der Waals surface area contributed by atoms with Crippen molar-refractivity contribution in [2.24, 2.45) is 0 Å². The van der Waals surface area contributed by atoms with Crippen LogP contribution in [0.5, 0.6) is 5.75 Å².